The van der Waals surface area contributed by atoms with Gasteiger partial charge in [0.15, 0.2) is 5.58 Å². The van der Waals surface area contributed by atoms with Crippen LogP contribution < -0.4 is 0 Å². The van der Waals surface area contributed by atoms with Gasteiger partial charge in [0.1, 0.15) is 11.3 Å². The van der Waals surface area contributed by atoms with Crippen molar-refractivity contribution in [3.8, 4) is 11.5 Å². The first kappa shape index (κ1) is 11.3. The molecule has 0 aliphatic heterocycles. The summed E-state index contributed by atoms with van der Waals surface area (Å²) in [6, 6.07) is 9.85. The Bertz CT molecular complexity index is 765. The molecule has 0 aliphatic carbocycles. The molecule has 0 fully saturated rings. The molecule has 5 nitrogen and oxygen atoms in total. The average Bonchev–Trinajstić information content (AvgIpc) is 2.82. The number of rotatable bonds is 2. The van der Waals surface area contributed by atoms with Crippen molar-refractivity contribution in [2.45, 2.75) is 0 Å². The first-order chi connectivity index (χ1) is 9.13. The predicted octanol–water partition coefficient (Wildman–Crippen LogP) is 3.54. The highest BCUT2D eigenvalue weighted by Crippen LogP contribution is 2.26. The van der Waals surface area contributed by atoms with Gasteiger partial charge in [0.05, 0.1) is 4.92 Å². The third-order valence-electron chi connectivity index (χ3n) is 2.67. The summed E-state index contributed by atoms with van der Waals surface area (Å²) in [6.45, 7) is 0. The number of nitro benzene ring substituents is 1. The molecule has 0 unspecified atom stereocenters. The molecule has 6 heteroatoms. The monoisotopic (exact) mass is 258 g/mol. The van der Waals surface area contributed by atoms with Gasteiger partial charge >= 0.3 is 0 Å². The maximum atomic E-state index is 12.8. The lowest BCUT2D eigenvalue weighted by molar-refractivity contribution is -0.384. The van der Waals surface area contributed by atoms with Crippen LogP contribution in [0.3, 0.4) is 0 Å². The Hall–Kier alpha value is -2.76. The SMILES string of the molecule is O=[N+]([O-])c1ccc2oc(-c3ccc(F)cc3)nc2c1. The van der Waals surface area contributed by atoms with E-state index >= 15 is 0 Å². The van der Waals surface area contributed by atoms with Crippen molar-refractivity contribution in [3.05, 3.63) is 58.4 Å². The fourth-order valence-corrected chi connectivity index (χ4v) is 1.75. The normalized spacial score (nSPS) is 10.8. The quantitative estimate of drug-likeness (QED) is 0.520. The molecular weight excluding hydrogens is 251 g/mol. The first-order valence-electron chi connectivity index (χ1n) is 5.44. The Morgan fingerprint density at radius 2 is 1.89 bits per heavy atom. The molecule has 0 aliphatic rings. The fourth-order valence-electron chi connectivity index (χ4n) is 1.75. The molecule has 0 saturated heterocycles. The molecule has 94 valence electrons. The van der Waals surface area contributed by atoms with Crippen LogP contribution in [0.1, 0.15) is 0 Å². The third kappa shape index (κ3) is 2.03. The summed E-state index contributed by atoms with van der Waals surface area (Å²) < 4.78 is 18.3. The number of benzene rings is 2. The van der Waals surface area contributed by atoms with Crippen LogP contribution in [0.4, 0.5) is 10.1 Å². The molecule has 1 heterocycles. The maximum Gasteiger partial charge on any atom is 0.271 e. The Labute approximate surface area is 106 Å². The zero-order chi connectivity index (χ0) is 13.4. The second-order valence-corrected chi connectivity index (χ2v) is 3.94. The van der Waals surface area contributed by atoms with Gasteiger partial charge in [-0.25, -0.2) is 9.37 Å². The molecule has 0 saturated carbocycles. The lowest BCUT2D eigenvalue weighted by atomic mass is 10.2. The van der Waals surface area contributed by atoms with E-state index in [1.165, 1.54) is 42.5 Å². The van der Waals surface area contributed by atoms with Crippen molar-refractivity contribution in [3.63, 3.8) is 0 Å². The van der Waals surface area contributed by atoms with Crippen molar-refractivity contribution in [1.82, 2.24) is 4.98 Å². The molecule has 0 radical (unpaired) electrons. The average molecular weight is 258 g/mol. The topological polar surface area (TPSA) is 69.2 Å². The molecule has 0 N–H and O–H groups in total. The number of aromatic nitrogens is 1. The van der Waals surface area contributed by atoms with Crippen molar-refractivity contribution < 1.29 is 13.7 Å². The van der Waals surface area contributed by atoms with E-state index in [0.29, 0.717) is 22.6 Å². The molecule has 19 heavy (non-hydrogen) atoms. The van der Waals surface area contributed by atoms with Gasteiger partial charge in [-0.05, 0) is 30.3 Å². The van der Waals surface area contributed by atoms with E-state index < -0.39 is 4.92 Å². The summed E-state index contributed by atoms with van der Waals surface area (Å²) in [6.07, 6.45) is 0. The number of non-ortho nitro benzene ring substituents is 1. The van der Waals surface area contributed by atoms with E-state index in [4.69, 9.17) is 4.42 Å². The molecule has 1 aromatic heterocycles. The molecule has 3 aromatic rings. The summed E-state index contributed by atoms with van der Waals surface area (Å²) in [7, 11) is 0. The minimum Gasteiger partial charge on any atom is -0.436 e. The van der Waals surface area contributed by atoms with Gasteiger partial charge in [0.25, 0.3) is 5.69 Å². The summed E-state index contributed by atoms with van der Waals surface area (Å²) >= 11 is 0. The van der Waals surface area contributed by atoms with Crippen molar-refractivity contribution in [2.75, 3.05) is 0 Å². The molecule has 0 bridgehead atoms. The number of oxazole rings is 1. The zero-order valence-corrected chi connectivity index (χ0v) is 9.54. The fraction of sp³-hybridized carbons (Fsp3) is 0. The van der Waals surface area contributed by atoms with Gasteiger partial charge in [-0.15, -0.1) is 0 Å². The van der Waals surface area contributed by atoms with E-state index in [2.05, 4.69) is 4.98 Å². The van der Waals surface area contributed by atoms with Crippen molar-refractivity contribution in [1.29, 1.82) is 0 Å². The van der Waals surface area contributed by atoms with Crippen LogP contribution >= 0.6 is 0 Å². The third-order valence-corrected chi connectivity index (χ3v) is 2.67. The van der Waals surface area contributed by atoms with E-state index in [1.807, 2.05) is 0 Å². The van der Waals surface area contributed by atoms with Crippen LogP contribution in [0.2, 0.25) is 0 Å². The smallest absolute Gasteiger partial charge is 0.271 e. The number of hydrogen-bond donors (Lipinski definition) is 0. The Kier molecular flexibility index (Phi) is 2.49. The first-order valence-corrected chi connectivity index (χ1v) is 5.44. The number of fused-ring (bicyclic) bond motifs is 1. The van der Waals surface area contributed by atoms with Crippen LogP contribution in [0.25, 0.3) is 22.6 Å². The predicted molar refractivity (Wildman–Crippen MR) is 66.1 cm³/mol. The molecule has 0 spiro atoms. The van der Waals surface area contributed by atoms with Gasteiger partial charge in [0, 0.05) is 17.7 Å². The number of hydrogen-bond acceptors (Lipinski definition) is 4. The van der Waals surface area contributed by atoms with Crippen LogP contribution in [-0.2, 0) is 0 Å². The highest BCUT2D eigenvalue weighted by Gasteiger charge is 2.12. The lowest BCUT2D eigenvalue weighted by Crippen LogP contribution is -1.86. The van der Waals surface area contributed by atoms with E-state index in [-0.39, 0.29) is 11.5 Å². The second kappa shape index (κ2) is 4.16. The van der Waals surface area contributed by atoms with Gasteiger partial charge in [-0.2, -0.15) is 0 Å². The highest BCUT2D eigenvalue weighted by molar-refractivity contribution is 5.78. The Morgan fingerprint density at radius 1 is 1.16 bits per heavy atom. The minimum absolute atomic E-state index is 0.0496. The summed E-state index contributed by atoms with van der Waals surface area (Å²) in [5.74, 6) is -0.0500. The van der Waals surface area contributed by atoms with E-state index in [0.717, 1.165) is 0 Å². The Balaban J connectivity index is 2.11. The Morgan fingerprint density at radius 3 is 2.58 bits per heavy atom. The molecule has 3 rings (SSSR count). The van der Waals surface area contributed by atoms with E-state index in [1.54, 1.807) is 0 Å². The summed E-state index contributed by atoms with van der Waals surface area (Å²) in [5, 5.41) is 10.7. The second-order valence-electron chi connectivity index (χ2n) is 3.94. The standard InChI is InChI=1S/C13H7FN2O3/c14-9-3-1-8(2-4-9)13-15-11-7-10(16(17)18)5-6-12(11)19-13/h1-7H. The van der Waals surface area contributed by atoms with Gasteiger partial charge in [-0.3, -0.25) is 10.1 Å². The summed E-state index contributed by atoms with van der Waals surface area (Å²) in [4.78, 5) is 14.3. The number of nitrogens with zero attached hydrogens (tertiary/aromatic N) is 2. The van der Waals surface area contributed by atoms with Crippen molar-refractivity contribution >= 4 is 16.8 Å². The molecule has 0 atom stereocenters. The van der Waals surface area contributed by atoms with Crippen LogP contribution in [-0.4, -0.2) is 9.91 Å². The van der Waals surface area contributed by atoms with Gasteiger partial charge < -0.3 is 4.42 Å². The lowest BCUT2D eigenvalue weighted by Gasteiger charge is -1.93. The number of nitro groups is 1. The van der Waals surface area contributed by atoms with Crippen LogP contribution in [0.5, 0.6) is 0 Å². The molecule has 2 aromatic carbocycles. The number of halogens is 1. The highest BCUT2D eigenvalue weighted by atomic mass is 19.1. The summed E-state index contributed by atoms with van der Waals surface area (Å²) in [5.41, 5.74) is 1.41. The zero-order valence-electron chi connectivity index (χ0n) is 9.54. The molecule has 0 amide bonds. The van der Waals surface area contributed by atoms with Crippen molar-refractivity contribution in [2.24, 2.45) is 0 Å². The van der Waals surface area contributed by atoms with Gasteiger partial charge in [0.2, 0.25) is 5.89 Å². The maximum absolute atomic E-state index is 12.8. The van der Waals surface area contributed by atoms with Crippen LogP contribution in [0, 0.1) is 15.9 Å². The largest absolute Gasteiger partial charge is 0.436 e. The minimum atomic E-state index is -0.494. The van der Waals surface area contributed by atoms with E-state index in [9.17, 15) is 14.5 Å². The molecular formula is C13H7FN2O3. The van der Waals surface area contributed by atoms with Crippen LogP contribution in [0.15, 0.2) is 46.9 Å². The van der Waals surface area contributed by atoms with Gasteiger partial charge in [-0.1, -0.05) is 0 Å².